The Labute approximate surface area is 99.2 Å². The van der Waals surface area contributed by atoms with Crippen LogP contribution >= 0.6 is 0 Å². The van der Waals surface area contributed by atoms with Gasteiger partial charge in [0.05, 0.1) is 6.21 Å². The Morgan fingerprint density at radius 2 is 2.18 bits per heavy atom. The summed E-state index contributed by atoms with van der Waals surface area (Å²) in [4.78, 5) is 11.3. The molecule has 0 radical (unpaired) electrons. The maximum absolute atomic E-state index is 11.3. The number of amides is 1. The lowest BCUT2D eigenvalue weighted by Gasteiger charge is -1.99. The molecule has 1 atom stereocenters. The molecule has 5 heteroatoms. The Balaban J connectivity index is 1.98. The zero-order chi connectivity index (χ0) is 12.1. The molecule has 0 aliphatic carbocycles. The van der Waals surface area contributed by atoms with E-state index >= 15 is 0 Å². The third kappa shape index (κ3) is 2.90. The average Bonchev–Trinajstić information content (AvgIpc) is 2.71. The summed E-state index contributed by atoms with van der Waals surface area (Å²) >= 11 is 0. The smallest absolute Gasteiger partial charge is 0.316 e. The van der Waals surface area contributed by atoms with Crippen LogP contribution in [0.4, 0.5) is 0 Å². The molecule has 17 heavy (non-hydrogen) atoms. The maximum atomic E-state index is 11.3. The van der Waals surface area contributed by atoms with Gasteiger partial charge in [-0.1, -0.05) is 42.4 Å². The van der Waals surface area contributed by atoms with E-state index in [0.29, 0.717) is 6.42 Å². The highest BCUT2D eigenvalue weighted by atomic mass is 16.5. The summed E-state index contributed by atoms with van der Waals surface area (Å²) in [5, 5.41) is 10.2. The molecular formula is C12H13N3O2. The normalized spacial score (nSPS) is 21.8. The summed E-state index contributed by atoms with van der Waals surface area (Å²) in [7, 11) is 0. The monoisotopic (exact) mass is 231 g/mol. The van der Waals surface area contributed by atoms with Gasteiger partial charge >= 0.3 is 6.02 Å². The first kappa shape index (κ1) is 11.3. The number of hydrogen-bond acceptors (Lipinski definition) is 4. The first-order chi connectivity index (χ1) is 8.29. The van der Waals surface area contributed by atoms with E-state index in [2.05, 4.69) is 15.5 Å². The predicted octanol–water partition coefficient (Wildman–Crippen LogP) is 1.30. The second kappa shape index (κ2) is 5.25. The van der Waals surface area contributed by atoms with Gasteiger partial charge in [-0.3, -0.25) is 10.1 Å². The van der Waals surface area contributed by atoms with Crippen LogP contribution in [0.1, 0.15) is 18.9 Å². The predicted molar refractivity (Wildman–Crippen MR) is 64.8 cm³/mol. The zero-order valence-electron chi connectivity index (χ0n) is 9.46. The number of nitrogens with zero attached hydrogens (tertiary/aromatic N) is 2. The quantitative estimate of drug-likeness (QED) is 0.629. The van der Waals surface area contributed by atoms with Crippen molar-refractivity contribution in [3.05, 3.63) is 35.9 Å². The average molecular weight is 231 g/mol. The van der Waals surface area contributed by atoms with Crippen molar-refractivity contribution in [2.45, 2.75) is 19.4 Å². The van der Waals surface area contributed by atoms with Crippen molar-refractivity contribution >= 4 is 18.1 Å². The number of ether oxygens (including phenoxy) is 1. The Morgan fingerprint density at radius 3 is 2.82 bits per heavy atom. The third-order valence-corrected chi connectivity index (χ3v) is 2.30. The maximum Gasteiger partial charge on any atom is 0.316 e. The van der Waals surface area contributed by atoms with Crippen LogP contribution in [0, 0.1) is 0 Å². The van der Waals surface area contributed by atoms with Crippen LogP contribution in [0.25, 0.3) is 0 Å². The molecule has 1 aliphatic heterocycles. The minimum Gasteiger partial charge on any atom is -0.450 e. The first-order valence-corrected chi connectivity index (χ1v) is 5.43. The number of carbonyl (C=O) groups is 1. The molecule has 1 unspecified atom stereocenters. The number of nitrogens with one attached hydrogen (secondary N) is 1. The van der Waals surface area contributed by atoms with E-state index in [1.165, 1.54) is 0 Å². The molecule has 1 amide bonds. The van der Waals surface area contributed by atoms with E-state index < -0.39 is 6.10 Å². The van der Waals surface area contributed by atoms with Gasteiger partial charge in [0, 0.05) is 0 Å². The molecule has 88 valence electrons. The van der Waals surface area contributed by atoms with Crippen LogP contribution in [0.3, 0.4) is 0 Å². The highest BCUT2D eigenvalue weighted by molar-refractivity contribution is 6.02. The van der Waals surface area contributed by atoms with Gasteiger partial charge in [0.15, 0.2) is 6.10 Å². The lowest BCUT2D eigenvalue weighted by molar-refractivity contribution is -0.123. The van der Waals surface area contributed by atoms with Crippen LogP contribution < -0.4 is 5.32 Å². The Bertz CT molecular complexity index is 454. The van der Waals surface area contributed by atoms with Crippen LogP contribution in [-0.2, 0) is 9.53 Å². The first-order valence-electron chi connectivity index (χ1n) is 5.43. The second-order valence-corrected chi connectivity index (χ2v) is 3.56. The van der Waals surface area contributed by atoms with E-state index in [0.717, 1.165) is 5.56 Å². The SMILES string of the molecule is CCC1O/C(=N/N=Cc2ccccc2)NC1=O. The largest absolute Gasteiger partial charge is 0.450 e. The molecule has 0 spiro atoms. The third-order valence-electron chi connectivity index (χ3n) is 2.30. The second-order valence-electron chi connectivity index (χ2n) is 3.56. The fourth-order valence-corrected chi connectivity index (χ4v) is 1.41. The van der Waals surface area contributed by atoms with Gasteiger partial charge in [-0.05, 0) is 12.0 Å². The van der Waals surface area contributed by atoms with Gasteiger partial charge in [-0.2, -0.15) is 5.10 Å². The van der Waals surface area contributed by atoms with Crippen molar-refractivity contribution < 1.29 is 9.53 Å². The van der Waals surface area contributed by atoms with Crippen LogP contribution in [0.5, 0.6) is 0 Å². The van der Waals surface area contributed by atoms with Gasteiger partial charge in [0.2, 0.25) is 0 Å². The lowest BCUT2D eigenvalue weighted by Crippen LogP contribution is -2.24. The summed E-state index contributed by atoms with van der Waals surface area (Å²) in [6, 6.07) is 9.73. The van der Waals surface area contributed by atoms with Crippen molar-refractivity contribution in [1.29, 1.82) is 0 Å². The molecule has 5 nitrogen and oxygen atoms in total. The molecule has 1 fully saturated rings. The van der Waals surface area contributed by atoms with E-state index in [-0.39, 0.29) is 11.9 Å². The highest BCUT2D eigenvalue weighted by Gasteiger charge is 2.28. The minimum absolute atomic E-state index is 0.161. The van der Waals surface area contributed by atoms with E-state index in [1.54, 1.807) is 6.21 Å². The molecule has 0 aromatic heterocycles. The van der Waals surface area contributed by atoms with Crippen molar-refractivity contribution in [3.63, 3.8) is 0 Å². The molecule has 2 rings (SSSR count). The topological polar surface area (TPSA) is 63.1 Å². The van der Waals surface area contributed by atoms with E-state index in [9.17, 15) is 4.79 Å². The van der Waals surface area contributed by atoms with Crippen LogP contribution in [0.15, 0.2) is 40.5 Å². The van der Waals surface area contributed by atoms with Gasteiger partial charge < -0.3 is 4.74 Å². The summed E-state index contributed by atoms with van der Waals surface area (Å²) in [5.41, 5.74) is 0.938. The fraction of sp³-hybridized carbons (Fsp3) is 0.250. The van der Waals surface area contributed by atoms with Crippen molar-refractivity contribution in [3.8, 4) is 0 Å². The Kier molecular flexibility index (Phi) is 3.49. The summed E-state index contributed by atoms with van der Waals surface area (Å²) in [5.74, 6) is -0.166. The lowest BCUT2D eigenvalue weighted by atomic mass is 10.2. The van der Waals surface area contributed by atoms with E-state index in [4.69, 9.17) is 4.74 Å². The van der Waals surface area contributed by atoms with Crippen LogP contribution in [-0.4, -0.2) is 24.2 Å². The van der Waals surface area contributed by atoms with Crippen molar-refractivity contribution in [1.82, 2.24) is 5.32 Å². The molecule has 1 heterocycles. The Morgan fingerprint density at radius 1 is 1.41 bits per heavy atom. The van der Waals surface area contributed by atoms with Crippen molar-refractivity contribution in [2.75, 3.05) is 0 Å². The molecule has 0 saturated carbocycles. The summed E-state index contributed by atoms with van der Waals surface area (Å²) in [6.07, 6.45) is 1.77. The van der Waals surface area contributed by atoms with Crippen molar-refractivity contribution in [2.24, 2.45) is 10.2 Å². The van der Waals surface area contributed by atoms with Crippen LogP contribution in [0.2, 0.25) is 0 Å². The zero-order valence-corrected chi connectivity index (χ0v) is 9.46. The molecule has 1 N–H and O–H groups in total. The molecular weight excluding hydrogens is 218 g/mol. The summed E-state index contributed by atoms with van der Waals surface area (Å²) < 4.78 is 5.24. The van der Waals surface area contributed by atoms with Gasteiger partial charge in [-0.15, -0.1) is 0 Å². The number of hydrogen-bond donors (Lipinski definition) is 1. The highest BCUT2D eigenvalue weighted by Crippen LogP contribution is 2.05. The fourth-order valence-electron chi connectivity index (χ4n) is 1.41. The molecule has 1 saturated heterocycles. The Hall–Kier alpha value is -2.17. The number of amidine groups is 1. The number of rotatable bonds is 3. The molecule has 1 aliphatic rings. The van der Waals surface area contributed by atoms with E-state index in [1.807, 2.05) is 37.3 Å². The van der Waals surface area contributed by atoms with Gasteiger partial charge in [0.1, 0.15) is 0 Å². The number of carbonyl (C=O) groups excluding carboxylic acids is 1. The molecule has 1 aromatic carbocycles. The number of benzene rings is 1. The molecule has 1 aromatic rings. The standard InChI is InChI=1S/C12H13N3O2/c1-2-10-11(16)14-12(17-10)15-13-8-9-6-4-3-5-7-9/h3-8,10H,2H2,1H3,(H,14,15,16). The minimum atomic E-state index is -0.444. The van der Waals surface area contributed by atoms with Gasteiger partial charge in [-0.25, -0.2) is 0 Å². The summed E-state index contributed by atoms with van der Waals surface area (Å²) in [6.45, 7) is 1.88. The molecule has 0 bridgehead atoms. The van der Waals surface area contributed by atoms with Gasteiger partial charge in [0.25, 0.3) is 5.91 Å².